The van der Waals surface area contributed by atoms with Crippen LogP contribution in [-0.4, -0.2) is 53.0 Å². The number of nitro groups is 1. The molecule has 8 nitrogen and oxygen atoms in total. The van der Waals surface area contributed by atoms with Crippen molar-refractivity contribution in [3.05, 3.63) is 45.2 Å². The van der Waals surface area contributed by atoms with Crippen LogP contribution in [0.2, 0.25) is 0 Å². The average Bonchev–Trinajstić information content (AvgIpc) is 2.55. The van der Waals surface area contributed by atoms with Crippen LogP contribution in [0.5, 0.6) is 0 Å². The van der Waals surface area contributed by atoms with Gasteiger partial charge in [0.1, 0.15) is 6.33 Å². The van der Waals surface area contributed by atoms with Crippen molar-refractivity contribution in [2.24, 2.45) is 0 Å². The number of benzene rings is 1. The smallest absolute Gasteiger partial charge is 0.348 e. The fraction of sp³-hybridized carbons (Fsp3) is 0.333. The largest absolute Gasteiger partial charge is 0.353 e. The second kappa shape index (κ2) is 7.10. The molecule has 1 aromatic carbocycles. The highest BCUT2D eigenvalue weighted by Crippen LogP contribution is 2.34. The van der Waals surface area contributed by atoms with Gasteiger partial charge in [0.2, 0.25) is 11.6 Å². The van der Waals surface area contributed by atoms with Gasteiger partial charge in [0.15, 0.2) is 0 Å². The van der Waals surface area contributed by atoms with E-state index in [0.29, 0.717) is 18.9 Å². The van der Waals surface area contributed by atoms with E-state index in [1.54, 1.807) is 0 Å². The van der Waals surface area contributed by atoms with Crippen molar-refractivity contribution in [1.29, 1.82) is 0 Å². The Morgan fingerprint density at radius 1 is 1.25 bits per heavy atom. The summed E-state index contributed by atoms with van der Waals surface area (Å²) in [7, 11) is 2.03. The molecule has 3 rings (SSSR count). The summed E-state index contributed by atoms with van der Waals surface area (Å²) in [5.41, 5.74) is 0.623. The number of nitrogens with one attached hydrogen (secondary N) is 1. The number of halogens is 1. The summed E-state index contributed by atoms with van der Waals surface area (Å²) in [5, 5.41) is 14.7. The van der Waals surface area contributed by atoms with Crippen LogP contribution in [0, 0.1) is 10.1 Å². The lowest BCUT2D eigenvalue weighted by molar-refractivity contribution is -0.383. The minimum Gasteiger partial charge on any atom is -0.348 e. The van der Waals surface area contributed by atoms with Crippen LogP contribution < -0.4 is 10.2 Å². The Hall–Kier alpha value is -2.26. The number of rotatable bonds is 4. The summed E-state index contributed by atoms with van der Waals surface area (Å²) in [4.78, 5) is 23.6. The molecule has 2 aromatic rings. The van der Waals surface area contributed by atoms with Crippen LogP contribution in [0.25, 0.3) is 0 Å². The Morgan fingerprint density at radius 2 is 2.00 bits per heavy atom. The Balaban J connectivity index is 1.95. The van der Waals surface area contributed by atoms with Gasteiger partial charge >= 0.3 is 5.69 Å². The van der Waals surface area contributed by atoms with E-state index in [1.165, 1.54) is 6.33 Å². The molecule has 9 heteroatoms. The maximum absolute atomic E-state index is 11.6. The number of nitrogens with zero attached hydrogens (tertiary/aromatic N) is 5. The third-order valence-electron chi connectivity index (χ3n) is 3.88. The van der Waals surface area contributed by atoms with E-state index in [-0.39, 0.29) is 11.5 Å². The van der Waals surface area contributed by atoms with Gasteiger partial charge in [-0.2, -0.15) is 0 Å². The number of hydrogen-bond donors (Lipinski definition) is 1. The summed E-state index contributed by atoms with van der Waals surface area (Å²) in [5.74, 6) is 0.558. The minimum absolute atomic E-state index is 0.0953. The third-order valence-corrected chi connectivity index (χ3v) is 4.37. The molecule has 0 bridgehead atoms. The lowest BCUT2D eigenvalue weighted by Gasteiger charge is -2.32. The summed E-state index contributed by atoms with van der Waals surface area (Å²) < 4.78 is 0.878. The van der Waals surface area contributed by atoms with Crippen molar-refractivity contribution in [2.45, 2.75) is 0 Å². The van der Waals surface area contributed by atoms with Crippen LogP contribution >= 0.6 is 15.9 Å². The van der Waals surface area contributed by atoms with E-state index in [1.807, 2.05) is 36.2 Å². The van der Waals surface area contributed by atoms with Crippen LogP contribution in [0.3, 0.4) is 0 Å². The molecule has 0 atom stereocenters. The van der Waals surface area contributed by atoms with Gasteiger partial charge in [0, 0.05) is 36.3 Å². The van der Waals surface area contributed by atoms with E-state index in [9.17, 15) is 10.1 Å². The highest BCUT2D eigenvalue weighted by atomic mass is 79.9. The Morgan fingerprint density at radius 3 is 2.67 bits per heavy atom. The van der Waals surface area contributed by atoms with E-state index in [2.05, 4.69) is 36.1 Å². The molecule has 24 heavy (non-hydrogen) atoms. The Bertz CT molecular complexity index is 748. The summed E-state index contributed by atoms with van der Waals surface area (Å²) in [6.45, 7) is 3.08. The standard InChI is InChI=1S/C15H17BrN6O2/c1-20-5-7-21(8-6-20)15-13(22(23)24)14(17-10-18-15)19-12-4-2-3-11(16)9-12/h2-4,9-10H,5-8H2,1H3,(H,17,18,19). The Kier molecular flexibility index (Phi) is 4.91. The molecule has 0 unspecified atom stereocenters. The maximum Gasteiger partial charge on any atom is 0.353 e. The Labute approximate surface area is 147 Å². The van der Waals surface area contributed by atoms with Crippen molar-refractivity contribution in [3.8, 4) is 0 Å². The molecule has 0 radical (unpaired) electrons. The van der Waals surface area contributed by atoms with Gasteiger partial charge in [0.25, 0.3) is 0 Å². The van der Waals surface area contributed by atoms with Crippen molar-refractivity contribution in [2.75, 3.05) is 43.4 Å². The van der Waals surface area contributed by atoms with E-state index >= 15 is 0 Å². The molecule has 0 aliphatic carbocycles. The van der Waals surface area contributed by atoms with Crippen molar-refractivity contribution < 1.29 is 4.92 Å². The molecule has 0 spiro atoms. The first-order valence-corrected chi connectivity index (χ1v) is 8.29. The molecule has 1 aliphatic rings. The first kappa shape index (κ1) is 16.6. The highest BCUT2D eigenvalue weighted by Gasteiger charge is 2.28. The zero-order valence-corrected chi connectivity index (χ0v) is 14.7. The van der Waals surface area contributed by atoms with Crippen LogP contribution in [0.15, 0.2) is 35.1 Å². The van der Waals surface area contributed by atoms with E-state index < -0.39 is 4.92 Å². The molecule has 1 fully saturated rings. The van der Waals surface area contributed by atoms with Gasteiger partial charge in [-0.25, -0.2) is 9.97 Å². The number of likely N-dealkylation sites (N-methyl/N-ethyl adjacent to an activating group) is 1. The molecule has 1 saturated heterocycles. The first-order valence-electron chi connectivity index (χ1n) is 7.50. The van der Waals surface area contributed by atoms with Gasteiger partial charge in [0.05, 0.1) is 4.92 Å². The predicted molar refractivity (Wildman–Crippen MR) is 95.8 cm³/mol. The quantitative estimate of drug-likeness (QED) is 0.631. The first-order chi connectivity index (χ1) is 11.5. The van der Waals surface area contributed by atoms with Gasteiger partial charge in [-0.05, 0) is 25.2 Å². The molecule has 2 heterocycles. The summed E-state index contributed by atoms with van der Waals surface area (Å²) in [6, 6.07) is 7.39. The molecule has 1 N–H and O–H groups in total. The van der Waals surface area contributed by atoms with Gasteiger partial charge in [-0.1, -0.05) is 22.0 Å². The fourth-order valence-corrected chi connectivity index (χ4v) is 2.98. The van der Waals surface area contributed by atoms with Crippen molar-refractivity contribution in [3.63, 3.8) is 0 Å². The third kappa shape index (κ3) is 3.62. The second-order valence-electron chi connectivity index (χ2n) is 5.58. The van der Waals surface area contributed by atoms with E-state index in [4.69, 9.17) is 0 Å². The number of hydrogen-bond acceptors (Lipinski definition) is 7. The number of anilines is 3. The minimum atomic E-state index is -0.423. The molecular weight excluding hydrogens is 376 g/mol. The van der Waals surface area contributed by atoms with Crippen LogP contribution in [0.1, 0.15) is 0 Å². The van der Waals surface area contributed by atoms with E-state index in [0.717, 1.165) is 23.2 Å². The van der Waals surface area contributed by atoms with Gasteiger partial charge in [-0.3, -0.25) is 10.1 Å². The zero-order chi connectivity index (χ0) is 17.1. The lowest BCUT2D eigenvalue weighted by Crippen LogP contribution is -2.45. The maximum atomic E-state index is 11.6. The molecule has 0 amide bonds. The normalized spacial score (nSPS) is 15.3. The zero-order valence-electron chi connectivity index (χ0n) is 13.1. The molecule has 1 aromatic heterocycles. The fourth-order valence-electron chi connectivity index (χ4n) is 2.58. The summed E-state index contributed by atoms with van der Waals surface area (Å²) in [6.07, 6.45) is 1.36. The summed E-state index contributed by atoms with van der Waals surface area (Å²) >= 11 is 3.39. The van der Waals surface area contributed by atoms with Crippen molar-refractivity contribution in [1.82, 2.24) is 14.9 Å². The van der Waals surface area contributed by atoms with Gasteiger partial charge in [-0.15, -0.1) is 0 Å². The molecule has 126 valence electrons. The predicted octanol–water partition coefficient (Wildman–Crippen LogP) is 2.64. The number of piperazine rings is 1. The lowest BCUT2D eigenvalue weighted by atomic mass is 10.3. The SMILES string of the molecule is CN1CCN(c2ncnc(Nc3cccc(Br)c3)c2[N+](=O)[O-])CC1. The van der Waals surface area contributed by atoms with Crippen molar-refractivity contribution >= 4 is 38.9 Å². The second-order valence-corrected chi connectivity index (χ2v) is 6.49. The van der Waals surface area contributed by atoms with Gasteiger partial charge < -0.3 is 15.1 Å². The topological polar surface area (TPSA) is 87.4 Å². The molecule has 1 aliphatic heterocycles. The monoisotopic (exact) mass is 392 g/mol. The molecule has 0 saturated carbocycles. The van der Waals surface area contributed by atoms with Crippen LogP contribution in [0.4, 0.5) is 23.0 Å². The number of aromatic nitrogens is 2. The molecular formula is C15H17BrN6O2. The highest BCUT2D eigenvalue weighted by molar-refractivity contribution is 9.10. The van der Waals surface area contributed by atoms with Crippen LogP contribution in [-0.2, 0) is 0 Å². The average molecular weight is 393 g/mol.